The molecule has 0 saturated heterocycles. The highest BCUT2D eigenvalue weighted by atomic mass is 32.1. The van der Waals surface area contributed by atoms with Crippen molar-refractivity contribution in [1.29, 1.82) is 0 Å². The summed E-state index contributed by atoms with van der Waals surface area (Å²) in [5, 5.41) is 15.6. The molecule has 182 valence electrons. The quantitative estimate of drug-likeness (QED) is 0.373. The van der Waals surface area contributed by atoms with Crippen LogP contribution in [0, 0.1) is 0 Å². The van der Waals surface area contributed by atoms with Crippen molar-refractivity contribution in [2.24, 2.45) is 0 Å². The smallest absolute Gasteiger partial charge is 0.410 e. The van der Waals surface area contributed by atoms with Crippen LogP contribution in [-0.2, 0) is 20.8 Å². The van der Waals surface area contributed by atoms with E-state index >= 15 is 0 Å². The highest BCUT2D eigenvalue weighted by molar-refractivity contribution is 7.09. The van der Waals surface area contributed by atoms with Crippen LogP contribution in [0.15, 0.2) is 17.5 Å². The summed E-state index contributed by atoms with van der Waals surface area (Å²) < 4.78 is 15.9. The number of unbranched alkanes of at least 4 members (excludes halogenated alkanes) is 1. The average molecular weight is 474 g/mol. The van der Waals surface area contributed by atoms with Gasteiger partial charge in [-0.3, -0.25) is 0 Å². The fraction of sp³-hybridized carbons (Fsp3) is 0.667. The molecule has 1 rings (SSSR count). The molecule has 11 heteroatoms. The Labute approximate surface area is 193 Å². The van der Waals surface area contributed by atoms with Gasteiger partial charge in [0.2, 0.25) is 0 Å². The Kier molecular flexibility index (Phi) is 12.5. The van der Waals surface area contributed by atoms with Crippen molar-refractivity contribution in [3.63, 3.8) is 0 Å². The minimum absolute atomic E-state index is 0.0294. The minimum Gasteiger partial charge on any atom is -0.465 e. The van der Waals surface area contributed by atoms with Crippen LogP contribution in [0.2, 0.25) is 0 Å². The van der Waals surface area contributed by atoms with Crippen LogP contribution in [0.1, 0.15) is 44.9 Å². The van der Waals surface area contributed by atoms with Crippen molar-refractivity contribution in [2.75, 3.05) is 33.4 Å². The molecule has 32 heavy (non-hydrogen) atoms. The highest BCUT2D eigenvalue weighted by Gasteiger charge is 2.22. The molecule has 10 nitrogen and oxygen atoms in total. The van der Waals surface area contributed by atoms with Crippen molar-refractivity contribution in [2.45, 2.75) is 58.2 Å². The van der Waals surface area contributed by atoms with Gasteiger partial charge >= 0.3 is 18.3 Å². The number of nitrogens with zero attached hydrogens (tertiary/aromatic N) is 1. The van der Waals surface area contributed by atoms with Crippen molar-refractivity contribution in [3.05, 3.63) is 22.4 Å². The summed E-state index contributed by atoms with van der Waals surface area (Å²) in [4.78, 5) is 38.0. The number of hydrogen-bond donors (Lipinski definition) is 3. The zero-order valence-corrected chi connectivity index (χ0v) is 20.0. The summed E-state index contributed by atoms with van der Waals surface area (Å²) in [7, 11) is 1.56. The van der Waals surface area contributed by atoms with Crippen molar-refractivity contribution >= 4 is 29.6 Å². The van der Waals surface area contributed by atoms with Crippen LogP contribution in [0.4, 0.5) is 14.4 Å². The highest BCUT2D eigenvalue weighted by Crippen LogP contribution is 2.13. The zero-order chi connectivity index (χ0) is 24.0. The Morgan fingerprint density at radius 3 is 2.59 bits per heavy atom. The van der Waals surface area contributed by atoms with Crippen molar-refractivity contribution in [3.8, 4) is 0 Å². The van der Waals surface area contributed by atoms with Gasteiger partial charge in [0.15, 0.2) is 0 Å². The summed E-state index contributed by atoms with van der Waals surface area (Å²) in [6.07, 6.45) is -0.469. The molecule has 1 aromatic heterocycles. The first-order chi connectivity index (χ1) is 15.1. The molecule has 1 atom stereocenters. The second-order valence-electron chi connectivity index (χ2n) is 8.14. The average Bonchev–Trinajstić information content (AvgIpc) is 3.20. The number of methoxy groups -OCH3 is 1. The van der Waals surface area contributed by atoms with E-state index in [2.05, 4.69) is 10.6 Å². The molecule has 3 N–H and O–H groups in total. The Morgan fingerprint density at radius 2 is 2.00 bits per heavy atom. The van der Waals surface area contributed by atoms with Gasteiger partial charge in [0.05, 0.1) is 19.2 Å². The van der Waals surface area contributed by atoms with E-state index in [-0.39, 0.29) is 6.61 Å². The van der Waals surface area contributed by atoms with Crippen LogP contribution in [0.3, 0.4) is 0 Å². The predicted octanol–water partition coefficient (Wildman–Crippen LogP) is 3.66. The minimum atomic E-state index is -1.08. The maximum Gasteiger partial charge on any atom is 0.410 e. The van der Waals surface area contributed by atoms with E-state index in [9.17, 15) is 14.4 Å². The normalized spacial score (nSPS) is 12.0. The monoisotopic (exact) mass is 473 g/mol. The second kappa shape index (κ2) is 14.5. The Bertz CT molecular complexity index is 692. The summed E-state index contributed by atoms with van der Waals surface area (Å²) in [5.41, 5.74) is -0.658. The number of ether oxygens (including phenoxy) is 3. The molecule has 0 aliphatic carbocycles. The Morgan fingerprint density at radius 1 is 1.25 bits per heavy atom. The lowest BCUT2D eigenvalue weighted by Gasteiger charge is -2.25. The van der Waals surface area contributed by atoms with E-state index in [1.807, 2.05) is 17.5 Å². The predicted molar refractivity (Wildman–Crippen MR) is 121 cm³/mol. The van der Waals surface area contributed by atoms with Crippen LogP contribution >= 0.6 is 11.3 Å². The number of carbonyl (C=O) groups excluding carboxylic acids is 2. The van der Waals surface area contributed by atoms with Gasteiger partial charge in [-0.1, -0.05) is 6.07 Å². The molecular formula is C21H35N3O7S. The molecule has 0 spiro atoms. The van der Waals surface area contributed by atoms with Crippen LogP contribution in [0.25, 0.3) is 0 Å². The third-order valence-electron chi connectivity index (χ3n) is 4.13. The molecule has 0 aromatic carbocycles. The molecule has 0 aliphatic heterocycles. The lowest BCUT2D eigenvalue weighted by molar-refractivity contribution is 0.0436. The number of rotatable bonds is 13. The van der Waals surface area contributed by atoms with Gasteiger partial charge < -0.3 is 34.9 Å². The summed E-state index contributed by atoms with van der Waals surface area (Å²) >= 11 is 1.55. The number of amides is 3. The van der Waals surface area contributed by atoms with E-state index in [0.29, 0.717) is 45.5 Å². The van der Waals surface area contributed by atoms with Crippen LogP contribution < -0.4 is 10.6 Å². The van der Waals surface area contributed by atoms with E-state index in [4.69, 9.17) is 19.3 Å². The largest absolute Gasteiger partial charge is 0.465 e. The SMILES string of the molecule is COCCN(Cc1cccs1)C(=O)OCC(CCCCNC(=O)O)NC(=O)OC(C)(C)C. The summed E-state index contributed by atoms with van der Waals surface area (Å²) in [5.74, 6) is 0. The molecule has 0 aliphatic rings. The molecule has 1 heterocycles. The summed E-state index contributed by atoms with van der Waals surface area (Å²) in [6.45, 7) is 6.71. The number of hydrogen-bond acceptors (Lipinski definition) is 7. The number of nitrogens with one attached hydrogen (secondary N) is 2. The van der Waals surface area contributed by atoms with E-state index in [1.54, 1.807) is 44.1 Å². The topological polar surface area (TPSA) is 126 Å². The van der Waals surface area contributed by atoms with Crippen LogP contribution in [-0.4, -0.2) is 73.3 Å². The molecule has 0 saturated carbocycles. The lowest BCUT2D eigenvalue weighted by Crippen LogP contribution is -2.43. The van der Waals surface area contributed by atoms with Gasteiger partial charge in [-0.25, -0.2) is 14.4 Å². The standard InChI is InChI=1S/C21H35N3O7S/c1-21(2,3)31-19(27)23-16(8-5-6-10-22-18(25)26)15-30-20(28)24(11-12-29-4)14-17-9-7-13-32-17/h7,9,13,16,22H,5-6,8,10-12,14-15H2,1-4H3,(H,23,27)(H,25,26). The van der Waals surface area contributed by atoms with E-state index in [0.717, 1.165) is 4.88 Å². The molecule has 1 aromatic rings. The van der Waals surface area contributed by atoms with Gasteiger partial charge in [0.1, 0.15) is 12.2 Å². The maximum absolute atomic E-state index is 12.7. The van der Waals surface area contributed by atoms with Gasteiger partial charge in [-0.15, -0.1) is 11.3 Å². The second-order valence-corrected chi connectivity index (χ2v) is 9.17. The first-order valence-electron chi connectivity index (χ1n) is 10.5. The number of alkyl carbamates (subject to hydrolysis) is 1. The fourth-order valence-electron chi connectivity index (χ4n) is 2.67. The molecule has 0 fully saturated rings. The summed E-state index contributed by atoms with van der Waals surface area (Å²) in [6, 6.07) is 3.39. The zero-order valence-electron chi connectivity index (χ0n) is 19.2. The third-order valence-corrected chi connectivity index (χ3v) is 5.00. The molecule has 3 amide bonds. The molecule has 0 radical (unpaired) electrons. The lowest BCUT2D eigenvalue weighted by atomic mass is 10.1. The van der Waals surface area contributed by atoms with Crippen molar-refractivity contribution < 1.29 is 33.7 Å². The van der Waals surface area contributed by atoms with E-state index in [1.165, 1.54) is 0 Å². The van der Waals surface area contributed by atoms with Gasteiger partial charge in [-0.05, 0) is 51.5 Å². The van der Waals surface area contributed by atoms with Gasteiger partial charge in [0.25, 0.3) is 0 Å². The van der Waals surface area contributed by atoms with Gasteiger partial charge in [0, 0.05) is 25.1 Å². The van der Waals surface area contributed by atoms with E-state index < -0.39 is 29.9 Å². The Hall–Kier alpha value is -2.53. The fourth-order valence-corrected chi connectivity index (χ4v) is 3.39. The third kappa shape index (κ3) is 13.0. The van der Waals surface area contributed by atoms with Crippen LogP contribution in [0.5, 0.6) is 0 Å². The number of carbonyl (C=O) groups is 3. The van der Waals surface area contributed by atoms with Gasteiger partial charge in [-0.2, -0.15) is 0 Å². The first kappa shape index (κ1) is 27.5. The number of thiophene rings is 1. The Balaban J connectivity index is 2.65. The first-order valence-corrected chi connectivity index (χ1v) is 11.4. The maximum atomic E-state index is 12.7. The van der Waals surface area contributed by atoms with Crippen molar-refractivity contribution in [1.82, 2.24) is 15.5 Å². The molecular weight excluding hydrogens is 438 g/mol. The molecule has 0 bridgehead atoms. The number of carboxylic acid groups (broad SMARTS) is 1. The molecule has 1 unspecified atom stereocenters.